The molecule has 1 atom stereocenters. The van der Waals surface area contributed by atoms with E-state index in [0.29, 0.717) is 19.1 Å². The molecule has 7 heteroatoms. The molecule has 0 saturated carbocycles. The van der Waals surface area contributed by atoms with Crippen LogP contribution in [0.3, 0.4) is 0 Å². The maximum Gasteiger partial charge on any atom is 0.206 e. The lowest BCUT2D eigenvalue weighted by Gasteiger charge is -2.16. The van der Waals surface area contributed by atoms with Gasteiger partial charge in [0.05, 0.1) is 19.7 Å². The summed E-state index contributed by atoms with van der Waals surface area (Å²) in [5, 5.41) is 7.29. The van der Waals surface area contributed by atoms with Gasteiger partial charge in [-0.1, -0.05) is 0 Å². The third-order valence-corrected chi connectivity index (χ3v) is 2.11. The van der Waals surface area contributed by atoms with E-state index in [1.54, 1.807) is 13.3 Å². The van der Waals surface area contributed by atoms with Crippen LogP contribution in [0.15, 0.2) is 23.5 Å². The number of aliphatic imine (C=N–C) groups is 1. The Hall–Kier alpha value is -1.60. The Labute approximate surface area is 101 Å². The number of hydrogen-bond donors (Lipinski definition) is 3. The minimum absolute atomic E-state index is 0.173. The maximum absolute atomic E-state index is 5.37. The van der Waals surface area contributed by atoms with Crippen molar-refractivity contribution >= 4 is 5.96 Å². The largest absolute Gasteiger partial charge is 0.383 e. The van der Waals surface area contributed by atoms with Gasteiger partial charge in [-0.2, -0.15) is 5.10 Å². The van der Waals surface area contributed by atoms with Crippen LogP contribution in [0, 0.1) is 0 Å². The van der Waals surface area contributed by atoms with E-state index >= 15 is 0 Å². The monoisotopic (exact) mass is 240 g/mol. The molecule has 0 aliphatic heterocycles. The van der Waals surface area contributed by atoms with Crippen LogP contribution < -0.4 is 16.6 Å². The molecule has 0 spiro atoms. The SMILES string of the molecule is COCCN=C(NN)NC(C)Cn1cccn1. The lowest BCUT2D eigenvalue weighted by Crippen LogP contribution is -2.47. The number of nitrogens with one attached hydrogen (secondary N) is 2. The fraction of sp³-hybridized carbons (Fsp3) is 0.600. The van der Waals surface area contributed by atoms with E-state index in [1.807, 2.05) is 23.9 Å². The summed E-state index contributed by atoms with van der Waals surface area (Å²) in [6.45, 7) is 3.92. The molecule has 4 N–H and O–H groups in total. The van der Waals surface area contributed by atoms with Crippen molar-refractivity contribution in [3.8, 4) is 0 Å². The standard InChI is InChI=1S/C10H20N6O/c1-9(8-16-6-3-4-13-16)14-10(15-11)12-5-7-17-2/h3-4,6,9H,5,7-8,11H2,1-2H3,(H2,12,14,15). The van der Waals surface area contributed by atoms with E-state index in [9.17, 15) is 0 Å². The first-order valence-corrected chi connectivity index (χ1v) is 5.50. The Balaban J connectivity index is 2.36. The normalized spacial score (nSPS) is 13.5. The number of methoxy groups -OCH3 is 1. The summed E-state index contributed by atoms with van der Waals surface area (Å²) in [5.41, 5.74) is 2.53. The zero-order valence-corrected chi connectivity index (χ0v) is 10.3. The summed E-state index contributed by atoms with van der Waals surface area (Å²) >= 11 is 0. The number of aromatic nitrogens is 2. The van der Waals surface area contributed by atoms with Crippen molar-refractivity contribution in [2.24, 2.45) is 10.8 Å². The highest BCUT2D eigenvalue weighted by molar-refractivity contribution is 5.79. The van der Waals surface area contributed by atoms with Gasteiger partial charge in [0.25, 0.3) is 0 Å². The van der Waals surface area contributed by atoms with Crippen molar-refractivity contribution < 1.29 is 4.74 Å². The highest BCUT2D eigenvalue weighted by Gasteiger charge is 2.05. The first-order chi connectivity index (χ1) is 8.26. The van der Waals surface area contributed by atoms with Crippen LogP contribution in [0.5, 0.6) is 0 Å². The molecule has 7 nitrogen and oxygen atoms in total. The van der Waals surface area contributed by atoms with Crippen LogP contribution in [-0.4, -0.2) is 42.0 Å². The van der Waals surface area contributed by atoms with Gasteiger partial charge in [0.15, 0.2) is 0 Å². The second-order valence-electron chi connectivity index (χ2n) is 3.64. The summed E-state index contributed by atoms with van der Waals surface area (Å²) in [6, 6.07) is 2.06. The first-order valence-electron chi connectivity index (χ1n) is 5.50. The number of nitrogens with zero attached hydrogens (tertiary/aromatic N) is 3. The Morgan fingerprint density at radius 1 is 1.65 bits per heavy atom. The molecule has 0 aromatic carbocycles. The molecule has 0 fully saturated rings. The van der Waals surface area contributed by atoms with Crippen molar-refractivity contribution in [1.29, 1.82) is 0 Å². The maximum atomic E-state index is 5.37. The Morgan fingerprint density at radius 2 is 2.47 bits per heavy atom. The first kappa shape index (κ1) is 13.5. The fourth-order valence-electron chi connectivity index (χ4n) is 1.35. The number of rotatable bonds is 6. The summed E-state index contributed by atoms with van der Waals surface area (Å²) in [6.07, 6.45) is 3.66. The topological polar surface area (TPSA) is 89.5 Å². The van der Waals surface area contributed by atoms with Crippen molar-refractivity contribution in [3.63, 3.8) is 0 Å². The second-order valence-corrected chi connectivity index (χ2v) is 3.64. The molecule has 1 heterocycles. The summed E-state index contributed by atoms with van der Waals surface area (Å²) in [5.74, 6) is 5.93. The summed E-state index contributed by atoms with van der Waals surface area (Å²) in [4.78, 5) is 4.22. The Morgan fingerprint density at radius 3 is 3.06 bits per heavy atom. The van der Waals surface area contributed by atoms with Crippen LogP contribution in [0.4, 0.5) is 0 Å². The minimum Gasteiger partial charge on any atom is -0.383 e. The third kappa shape index (κ3) is 5.32. The lowest BCUT2D eigenvalue weighted by atomic mass is 10.3. The van der Waals surface area contributed by atoms with Crippen molar-refractivity contribution in [3.05, 3.63) is 18.5 Å². The molecule has 17 heavy (non-hydrogen) atoms. The van der Waals surface area contributed by atoms with Crippen molar-refractivity contribution in [1.82, 2.24) is 20.5 Å². The minimum atomic E-state index is 0.173. The number of ether oxygens (including phenoxy) is 1. The van der Waals surface area contributed by atoms with Gasteiger partial charge in [-0.15, -0.1) is 0 Å². The molecule has 0 radical (unpaired) electrons. The van der Waals surface area contributed by atoms with E-state index in [-0.39, 0.29) is 6.04 Å². The smallest absolute Gasteiger partial charge is 0.206 e. The molecular weight excluding hydrogens is 220 g/mol. The zero-order chi connectivity index (χ0) is 12.5. The van der Waals surface area contributed by atoms with Gasteiger partial charge in [0.1, 0.15) is 0 Å². The predicted molar refractivity (Wildman–Crippen MR) is 66.3 cm³/mol. The fourth-order valence-corrected chi connectivity index (χ4v) is 1.35. The number of hydrogen-bond acceptors (Lipinski definition) is 4. The average molecular weight is 240 g/mol. The molecule has 1 aromatic heterocycles. The van der Waals surface area contributed by atoms with E-state index in [0.717, 1.165) is 6.54 Å². The number of guanidine groups is 1. The van der Waals surface area contributed by atoms with E-state index in [1.165, 1.54) is 0 Å². The summed E-state index contributed by atoms with van der Waals surface area (Å²) < 4.78 is 6.76. The van der Waals surface area contributed by atoms with Gasteiger partial charge < -0.3 is 10.1 Å². The number of hydrazine groups is 1. The van der Waals surface area contributed by atoms with Crippen LogP contribution >= 0.6 is 0 Å². The quantitative estimate of drug-likeness (QED) is 0.202. The molecule has 0 amide bonds. The molecule has 0 aliphatic carbocycles. The highest BCUT2D eigenvalue weighted by atomic mass is 16.5. The highest BCUT2D eigenvalue weighted by Crippen LogP contribution is 1.90. The van der Waals surface area contributed by atoms with Gasteiger partial charge in [-0.25, -0.2) is 10.8 Å². The molecule has 96 valence electrons. The number of nitrogens with two attached hydrogens (primary N) is 1. The van der Waals surface area contributed by atoms with Crippen LogP contribution in [-0.2, 0) is 11.3 Å². The zero-order valence-electron chi connectivity index (χ0n) is 10.3. The van der Waals surface area contributed by atoms with Gasteiger partial charge >= 0.3 is 0 Å². The lowest BCUT2D eigenvalue weighted by molar-refractivity contribution is 0.208. The van der Waals surface area contributed by atoms with Gasteiger partial charge in [0, 0.05) is 25.5 Å². The Kier molecular flexibility index (Phi) is 6.05. The summed E-state index contributed by atoms with van der Waals surface area (Å²) in [7, 11) is 1.64. The van der Waals surface area contributed by atoms with Crippen molar-refractivity contribution in [2.75, 3.05) is 20.3 Å². The van der Waals surface area contributed by atoms with Crippen molar-refractivity contribution in [2.45, 2.75) is 19.5 Å². The van der Waals surface area contributed by atoms with E-state index in [2.05, 4.69) is 20.8 Å². The van der Waals surface area contributed by atoms with E-state index < -0.39 is 0 Å². The van der Waals surface area contributed by atoms with E-state index in [4.69, 9.17) is 10.6 Å². The van der Waals surface area contributed by atoms with Gasteiger partial charge in [-0.3, -0.25) is 10.1 Å². The molecule has 0 saturated heterocycles. The molecule has 0 bridgehead atoms. The molecule has 1 unspecified atom stereocenters. The second kappa shape index (κ2) is 7.64. The van der Waals surface area contributed by atoms with Crippen LogP contribution in [0.1, 0.15) is 6.92 Å². The molecule has 1 rings (SSSR count). The van der Waals surface area contributed by atoms with Gasteiger partial charge in [-0.05, 0) is 13.0 Å². The average Bonchev–Trinajstić information content (AvgIpc) is 2.80. The molecule has 0 aliphatic rings. The molecule has 1 aromatic rings. The van der Waals surface area contributed by atoms with Gasteiger partial charge in [0.2, 0.25) is 5.96 Å². The van der Waals surface area contributed by atoms with Crippen LogP contribution in [0.2, 0.25) is 0 Å². The third-order valence-electron chi connectivity index (χ3n) is 2.11. The Bertz CT molecular complexity index is 324. The molecular formula is C10H20N6O. The van der Waals surface area contributed by atoms with Crippen LogP contribution in [0.25, 0.3) is 0 Å². The predicted octanol–water partition coefficient (Wildman–Crippen LogP) is -0.673.